The van der Waals surface area contributed by atoms with Gasteiger partial charge in [-0.25, -0.2) is 0 Å². The summed E-state index contributed by atoms with van der Waals surface area (Å²) in [6, 6.07) is 8.17. The summed E-state index contributed by atoms with van der Waals surface area (Å²) in [5.74, 6) is 1.76. The predicted octanol–water partition coefficient (Wildman–Crippen LogP) is 3.12. The second-order valence-electron chi connectivity index (χ2n) is 7.64. The van der Waals surface area contributed by atoms with Crippen molar-refractivity contribution in [2.24, 2.45) is 10.4 Å². The van der Waals surface area contributed by atoms with Crippen LogP contribution in [-0.2, 0) is 11.3 Å². The summed E-state index contributed by atoms with van der Waals surface area (Å²) in [5.41, 5.74) is 1.50. The van der Waals surface area contributed by atoms with Crippen LogP contribution in [0.2, 0.25) is 0 Å². The zero-order chi connectivity index (χ0) is 19.5. The molecule has 1 aliphatic carbocycles. The largest absolute Gasteiger partial charge is 0.492 e. The molecule has 28 heavy (non-hydrogen) atoms. The van der Waals surface area contributed by atoms with Crippen LogP contribution in [0.25, 0.3) is 0 Å². The van der Waals surface area contributed by atoms with E-state index in [9.17, 15) is 0 Å². The lowest BCUT2D eigenvalue weighted by Gasteiger charge is -2.42. The number of hydrogen-bond donors (Lipinski definition) is 2. The topological polar surface area (TPSA) is 58.1 Å². The first-order valence-electron chi connectivity index (χ1n) is 9.87. The van der Waals surface area contributed by atoms with Crippen molar-refractivity contribution in [1.82, 2.24) is 15.5 Å². The SMILES string of the molecule is CN=C(NCc1ccccc1OCCN(C)C)NCC1(CCOC)CCC1.I. The van der Waals surface area contributed by atoms with Crippen LogP contribution in [0, 0.1) is 5.41 Å². The number of aliphatic imine (C=N–C) groups is 1. The highest BCUT2D eigenvalue weighted by Gasteiger charge is 2.36. The summed E-state index contributed by atoms with van der Waals surface area (Å²) >= 11 is 0. The molecule has 0 bridgehead atoms. The number of benzene rings is 1. The van der Waals surface area contributed by atoms with E-state index >= 15 is 0 Å². The number of nitrogens with one attached hydrogen (secondary N) is 2. The van der Waals surface area contributed by atoms with Crippen molar-refractivity contribution in [2.75, 3.05) is 54.6 Å². The Morgan fingerprint density at radius 3 is 2.54 bits per heavy atom. The summed E-state index contributed by atoms with van der Waals surface area (Å²) in [5, 5.41) is 6.92. The van der Waals surface area contributed by atoms with E-state index in [2.05, 4.69) is 26.6 Å². The molecule has 1 saturated carbocycles. The zero-order valence-corrected chi connectivity index (χ0v) is 20.1. The van der Waals surface area contributed by atoms with E-state index in [-0.39, 0.29) is 24.0 Å². The number of ether oxygens (including phenoxy) is 2. The first-order valence-corrected chi connectivity index (χ1v) is 9.87. The van der Waals surface area contributed by atoms with Gasteiger partial charge < -0.3 is 25.0 Å². The lowest BCUT2D eigenvalue weighted by atomic mass is 9.67. The molecule has 0 atom stereocenters. The maximum Gasteiger partial charge on any atom is 0.191 e. The average Bonchev–Trinajstić information content (AvgIpc) is 2.63. The average molecular weight is 504 g/mol. The Balaban J connectivity index is 0.00000392. The highest BCUT2D eigenvalue weighted by atomic mass is 127. The maximum atomic E-state index is 5.94. The summed E-state index contributed by atoms with van der Waals surface area (Å²) in [6.07, 6.45) is 4.96. The van der Waals surface area contributed by atoms with Gasteiger partial charge >= 0.3 is 0 Å². The van der Waals surface area contributed by atoms with Gasteiger partial charge in [0.15, 0.2) is 5.96 Å². The van der Waals surface area contributed by atoms with Crippen molar-refractivity contribution in [3.05, 3.63) is 29.8 Å². The molecule has 160 valence electrons. The molecule has 1 aromatic carbocycles. The van der Waals surface area contributed by atoms with E-state index < -0.39 is 0 Å². The molecule has 6 nitrogen and oxygen atoms in total. The molecule has 2 N–H and O–H groups in total. The zero-order valence-electron chi connectivity index (χ0n) is 17.8. The second-order valence-corrected chi connectivity index (χ2v) is 7.64. The summed E-state index contributed by atoms with van der Waals surface area (Å²) in [6.45, 7) is 4.03. The standard InChI is InChI=1S/C21H36N4O2.HI/c1-22-20(24-17-21(10-7-11-21)12-14-26-4)23-16-18-8-5-6-9-19(18)27-15-13-25(2)3;/h5-6,8-9H,7,10-17H2,1-4H3,(H2,22,23,24);1H. The minimum Gasteiger partial charge on any atom is -0.492 e. The van der Waals surface area contributed by atoms with Gasteiger partial charge in [-0.1, -0.05) is 24.6 Å². The summed E-state index contributed by atoms with van der Waals surface area (Å²) in [7, 11) is 7.69. The Morgan fingerprint density at radius 1 is 1.18 bits per heavy atom. The Morgan fingerprint density at radius 2 is 1.93 bits per heavy atom. The fourth-order valence-corrected chi connectivity index (χ4v) is 3.31. The van der Waals surface area contributed by atoms with Gasteiger partial charge in [-0.05, 0) is 44.8 Å². The van der Waals surface area contributed by atoms with Crippen molar-refractivity contribution < 1.29 is 9.47 Å². The summed E-state index contributed by atoms with van der Waals surface area (Å²) in [4.78, 5) is 6.49. The van der Waals surface area contributed by atoms with Crippen LogP contribution in [0.3, 0.4) is 0 Å². The normalized spacial score (nSPS) is 15.5. The fraction of sp³-hybridized carbons (Fsp3) is 0.667. The molecule has 0 aromatic heterocycles. The van der Waals surface area contributed by atoms with E-state index in [4.69, 9.17) is 9.47 Å². The Hall–Kier alpha value is -1.06. The first kappa shape index (κ1) is 25.0. The number of nitrogens with zero attached hydrogens (tertiary/aromatic N) is 2. The van der Waals surface area contributed by atoms with Crippen LogP contribution < -0.4 is 15.4 Å². The molecule has 0 saturated heterocycles. The van der Waals surface area contributed by atoms with E-state index in [1.165, 1.54) is 19.3 Å². The van der Waals surface area contributed by atoms with Crippen LogP contribution in [0.15, 0.2) is 29.3 Å². The van der Waals surface area contributed by atoms with Crippen LogP contribution in [-0.4, -0.2) is 65.4 Å². The number of guanidine groups is 1. The van der Waals surface area contributed by atoms with E-state index in [1.807, 2.05) is 39.3 Å². The minimum atomic E-state index is 0. The van der Waals surface area contributed by atoms with Crippen molar-refractivity contribution in [2.45, 2.75) is 32.2 Å². The molecule has 1 aliphatic rings. The molecule has 1 fully saturated rings. The maximum absolute atomic E-state index is 5.94. The molecular formula is C21H37IN4O2. The third-order valence-electron chi connectivity index (χ3n) is 5.32. The Bertz CT molecular complexity index is 592. The number of likely N-dealkylation sites (N-methyl/N-ethyl adjacent to an activating group) is 1. The van der Waals surface area contributed by atoms with Gasteiger partial charge in [-0.3, -0.25) is 4.99 Å². The number of para-hydroxylation sites is 1. The van der Waals surface area contributed by atoms with Crippen LogP contribution in [0.1, 0.15) is 31.2 Å². The van der Waals surface area contributed by atoms with Crippen molar-refractivity contribution in [3.8, 4) is 5.75 Å². The smallest absolute Gasteiger partial charge is 0.191 e. The highest BCUT2D eigenvalue weighted by Crippen LogP contribution is 2.43. The van der Waals surface area contributed by atoms with E-state index in [1.54, 1.807) is 7.11 Å². The lowest BCUT2D eigenvalue weighted by Crippen LogP contribution is -2.46. The highest BCUT2D eigenvalue weighted by molar-refractivity contribution is 14.0. The molecule has 0 heterocycles. The minimum absolute atomic E-state index is 0. The predicted molar refractivity (Wildman–Crippen MR) is 127 cm³/mol. The Labute approximate surface area is 187 Å². The number of rotatable bonds is 11. The molecule has 0 aliphatic heterocycles. The first-order chi connectivity index (χ1) is 13.1. The molecule has 7 heteroatoms. The second kappa shape index (κ2) is 13.2. The number of halogens is 1. The van der Waals surface area contributed by atoms with Gasteiger partial charge in [-0.15, -0.1) is 24.0 Å². The fourth-order valence-electron chi connectivity index (χ4n) is 3.31. The summed E-state index contributed by atoms with van der Waals surface area (Å²) < 4.78 is 11.2. The van der Waals surface area contributed by atoms with Crippen LogP contribution in [0.5, 0.6) is 5.75 Å². The molecule has 2 rings (SSSR count). The molecular weight excluding hydrogens is 467 g/mol. The third kappa shape index (κ3) is 8.13. The molecule has 0 amide bonds. The van der Waals surface area contributed by atoms with Crippen molar-refractivity contribution in [3.63, 3.8) is 0 Å². The van der Waals surface area contributed by atoms with Crippen LogP contribution >= 0.6 is 24.0 Å². The van der Waals surface area contributed by atoms with Gasteiger partial charge in [0.05, 0.1) is 0 Å². The monoisotopic (exact) mass is 504 g/mol. The third-order valence-corrected chi connectivity index (χ3v) is 5.32. The van der Waals surface area contributed by atoms with Gasteiger partial charge in [0, 0.05) is 46.0 Å². The van der Waals surface area contributed by atoms with E-state index in [0.717, 1.165) is 43.4 Å². The van der Waals surface area contributed by atoms with Crippen molar-refractivity contribution in [1.29, 1.82) is 0 Å². The van der Waals surface area contributed by atoms with Gasteiger partial charge in [0.2, 0.25) is 0 Å². The number of hydrogen-bond acceptors (Lipinski definition) is 4. The molecule has 1 aromatic rings. The Kier molecular flexibility index (Phi) is 11.8. The quantitative estimate of drug-likeness (QED) is 0.276. The number of methoxy groups -OCH3 is 1. The lowest BCUT2D eigenvalue weighted by molar-refractivity contribution is 0.0732. The van der Waals surface area contributed by atoms with Gasteiger partial charge in [0.1, 0.15) is 12.4 Å². The van der Waals surface area contributed by atoms with E-state index in [0.29, 0.717) is 18.6 Å². The van der Waals surface area contributed by atoms with Gasteiger partial charge in [-0.2, -0.15) is 0 Å². The van der Waals surface area contributed by atoms with Crippen LogP contribution in [0.4, 0.5) is 0 Å². The molecule has 0 spiro atoms. The molecule has 0 unspecified atom stereocenters. The molecule has 0 radical (unpaired) electrons. The van der Waals surface area contributed by atoms with Crippen molar-refractivity contribution >= 4 is 29.9 Å². The van der Waals surface area contributed by atoms with Gasteiger partial charge in [0.25, 0.3) is 0 Å².